The maximum atomic E-state index is 15.4. The fourth-order valence-corrected chi connectivity index (χ4v) is 4.96. The number of imidazole rings is 1. The molecule has 0 bridgehead atoms. The Morgan fingerprint density at radius 1 is 1.11 bits per heavy atom. The van der Waals surface area contributed by atoms with E-state index in [4.69, 9.17) is 4.74 Å². The second-order valence-electron chi connectivity index (χ2n) is 10.7. The first kappa shape index (κ1) is 24.8. The third-order valence-corrected chi connectivity index (χ3v) is 6.38. The molecule has 1 fully saturated rings. The van der Waals surface area contributed by atoms with Crippen LogP contribution in [0.2, 0.25) is 0 Å². The van der Waals surface area contributed by atoms with Gasteiger partial charge in [0.15, 0.2) is 17.3 Å². The van der Waals surface area contributed by atoms with Gasteiger partial charge in [-0.15, -0.1) is 0 Å². The molecule has 5 rings (SSSR count). The Kier molecular flexibility index (Phi) is 5.96. The highest BCUT2D eigenvalue weighted by molar-refractivity contribution is 5.94. The normalized spacial score (nSPS) is 18.6. The van der Waals surface area contributed by atoms with Gasteiger partial charge < -0.3 is 19.4 Å². The maximum absolute atomic E-state index is 15.4. The molecule has 4 aromatic rings. The average Bonchev–Trinajstić information content (AvgIpc) is 3.35. The molecule has 3 aromatic heterocycles. The number of piperazine rings is 1. The van der Waals surface area contributed by atoms with Crippen LogP contribution in [0.5, 0.6) is 0 Å². The largest absolute Gasteiger partial charge is 0.444 e. The number of nitrogens with zero attached hydrogens (tertiary/aromatic N) is 5. The van der Waals surface area contributed by atoms with Crippen LogP contribution in [0.4, 0.5) is 30.8 Å². The van der Waals surface area contributed by atoms with Crippen molar-refractivity contribution >= 4 is 39.8 Å². The molecule has 11 heteroatoms. The second kappa shape index (κ2) is 8.89. The quantitative estimate of drug-likeness (QED) is 0.384. The molecule has 1 aliphatic heterocycles. The second-order valence-corrected chi connectivity index (χ2v) is 10.7. The van der Waals surface area contributed by atoms with E-state index in [1.54, 1.807) is 28.6 Å². The summed E-state index contributed by atoms with van der Waals surface area (Å²) in [5, 5.41) is 10.4. The summed E-state index contributed by atoms with van der Waals surface area (Å²) in [6.45, 7) is 12.3. The molecule has 4 heterocycles. The molecular formula is C26H31F2N7O2. The van der Waals surface area contributed by atoms with Crippen LogP contribution >= 0.6 is 0 Å². The Bertz CT molecular complexity index is 1480. The number of aromatic amines is 1. The van der Waals surface area contributed by atoms with Crippen LogP contribution in [0.1, 0.15) is 40.3 Å². The van der Waals surface area contributed by atoms with Gasteiger partial charge in [0.2, 0.25) is 0 Å². The topological polar surface area (TPSA) is 90.8 Å². The summed E-state index contributed by atoms with van der Waals surface area (Å²) in [7, 11) is 0. The van der Waals surface area contributed by atoms with Gasteiger partial charge in [-0.25, -0.2) is 18.6 Å². The van der Waals surface area contributed by atoms with Gasteiger partial charge >= 0.3 is 6.09 Å². The molecule has 196 valence electrons. The van der Waals surface area contributed by atoms with Gasteiger partial charge in [-0.3, -0.25) is 10.00 Å². The number of carbonyl (C=O) groups is 1. The van der Waals surface area contributed by atoms with Gasteiger partial charge in [0.05, 0.1) is 34.4 Å². The molecule has 37 heavy (non-hydrogen) atoms. The predicted octanol–water partition coefficient (Wildman–Crippen LogP) is 5.37. The highest BCUT2D eigenvalue weighted by Crippen LogP contribution is 2.33. The van der Waals surface area contributed by atoms with Crippen LogP contribution in [0.3, 0.4) is 0 Å². The van der Waals surface area contributed by atoms with Crippen molar-refractivity contribution in [3.8, 4) is 0 Å². The summed E-state index contributed by atoms with van der Waals surface area (Å²) >= 11 is 0. The van der Waals surface area contributed by atoms with Crippen molar-refractivity contribution in [2.24, 2.45) is 0 Å². The molecule has 1 saturated heterocycles. The summed E-state index contributed by atoms with van der Waals surface area (Å²) in [4.78, 5) is 20.7. The summed E-state index contributed by atoms with van der Waals surface area (Å²) in [5.74, 6) is -0.695. The zero-order chi connectivity index (χ0) is 26.6. The number of halogens is 2. The van der Waals surface area contributed by atoms with Gasteiger partial charge in [0.25, 0.3) is 0 Å². The number of H-pyrrole nitrogens is 1. The lowest BCUT2D eigenvalue weighted by Gasteiger charge is -2.45. The van der Waals surface area contributed by atoms with E-state index >= 15 is 4.39 Å². The van der Waals surface area contributed by atoms with Crippen LogP contribution in [0.25, 0.3) is 16.6 Å². The SMILES string of the molecule is Cc1cn2cc(Nc3n[nH]c4cc(N5C[C@@H](C)N(C(=O)OC(C)(C)C)[C@@H](C)C5)cc(F)c34)cc(F)c2n1. The Hall–Kier alpha value is -3.89. The summed E-state index contributed by atoms with van der Waals surface area (Å²) < 4.78 is 37.1. The fourth-order valence-electron chi connectivity index (χ4n) is 4.96. The first-order chi connectivity index (χ1) is 17.4. The highest BCUT2D eigenvalue weighted by atomic mass is 19.1. The van der Waals surface area contributed by atoms with Gasteiger partial charge in [0, 0.05) is 37.2 Å². The molecule has 1 aromatic carbocycles. The van der Waals surface area contributed by atoms with Crippen molar-refractivity contribution in [3.05, 3.63) is 47.9 Å². The lowest BCUT2D eigenvalue weighted by Crippen LogP contribution is -2.59. The van der Waals surface area contributed by atoms with Crippen molar-refractivity contribution in [3.63, 3.8) is 0 Å². The third-order valence-electron chi connectivity index (χ3n) is 6.38. The summed E-state index contributed by atoms with van der Waals surface area (Å²) in [6, 6.07) is 4.35. The molecular weight excluding hydrogens is 480 g/mol. The lowest BCUT2D eigenvalue weighted by atomic mass is 10.1. The van der Waals surface area contributed by atoms with E-state index in [-0.39, 0.29) is 35.0 Å². The molecule has 2 N–H and O–H groups in total. The Morgan fingerprint density at radius 3 is 2.49 bits per heavy atom. The van der Waals surface area contributed by atoms with Crippen LogP contribution in [-0.2, 0) is 4.74 Å². The number of aryl methyl sites for hydroxylation is 1. The zero-order valence-electron chi connectivity index (χ0n) is 21.8. The van der Waals surface area contributed by atoms with Crippen molar-refractivity contribution in [1.29, 1.82) is 0 Å². The molecule has 0 spiro atoms. The number of nitrogens with one attached hydrogen (secondary N) is 2. The smallest absolute Gasteiger partial charge is 0.410 e. The monoisotopic (exact) mass is 511 g/mol. The standard InChI is InChI=1S/C26H31F2N7O2/c1-14-10-34-13-17(7-20(28)24(34)29-14)30-23-22-19(27)8-18(9-21(22)31-32-23)33-11-15(2)35(16(3)12-33)25(36)37-26(4,5)6/h7-10,13,15-16H,11-12H2,1-6H3,(H2,30,31,32)/t15-,16+. The third kappa shape index (κ3) is 4.77. The van der Waals surface area contributed by atoms with Gasteiger partial charge in [-0.2, -0.15) is 5.10 Å². The minimum atomic E-state index is -0.580. The summed E-state index contributed by atoms with van der Waals surface area (Å²) in [5.41, 5.74) is 1.94. The van der Waals surface area contributed by atoms with Crippen molar-refractivity contribution in [1.82, 2.24) is 24.5 Å². The number of anilines is 3. The van der Waals surface area contributed by atoms with E-state index in [2.05, 4.69) is 25.4 Å². The Labute approximate surface area is 213 Å². The van der Waals surface area contributed by atoms with E-state index < -0.39 is 17.2 Å². The number of hydrogen-bond donors (Lipinski definition) is 2. The van der Waals surface area contributed by atoms with Gasteiger partial charge in [-0.05, 0) is 53.7 Å². The number of amides is 1. The van der Waals surface area contributed by atoms with Crippen LogP contribution in [0, 0.1) is 18.6 Å². The molecule has 0 saturated carbocycles. The van der Waals surface area contributed by atoms with E-state index in [0.29, 0.717) is 35.7 Å². The Morgan fingerprint density at radius 2 is 1.81 bits per heavy atom. The number of ether oxygens (including phenoxy) is 1. The van der Waals surface area contributed by atoms with Crippen molar-refractivity contribution < 1.29 is 18.3 Å². The van der Waals surface area contributed by atoms with Crippen molar-refractivity contribution in [2.75, 3.05) is 23.3 Å². The molecule has 1 amide bonds. The highest BCUT2D eigenvalue weighted by Gasteiger charge is 2.36. The fraction of sp³-hybridized carbons (Fsp3) is 0.423. The minimum absolute atomic E-state index is 0.132. The van der Waals surface area contributed by atoms with E-state index in [9.17, 15) is 9.18 Å². The van der Waals surface area contributed by atoms with Gasteiger partial charge in [0.1, 0.15) is 11.4 Å². The Balaban J connectivity index is 1.38. The number of aromatic nitrogens is 4. The lowest BCUT2D eigenvalue weighted by molar-refractivity contribution is 0.00565. The summed E-state index contributed by atoms with van der Waals surface area (Å²) in [6.07, 6.45) is 3.04. The molecule has 9 nitrogen and oxygen atoms in total. The van der Waals surface area contributed by atoms with Crippen LogP contribution in [-0.4, -0.2) is 61.3 Å². The van der Waals surface area contributed by atoms with Crippen LogP contribution < -0.4 is 10.2 Å². The van der Waals surface area contributed by atoms with E-state index in [0.717, 1.165) is 0 Å². The maximum Gasteiger partial charge on any atom is 0.410 e. The molecule has 0 unspecified atom stereocenters. The number of fused-ring (bicyclic) bond motifs is 2. The average molecular weight is 512 g/mol. The first-order valence-electron chi connectivity index (χ1n) is 12.3. The predicted molar refractivity (Wildman–Crippen MR) is 138 cm³/mol. The molecule has 1 aliphatic rings. The number of hydrogen-bond acceptors (Lipinski definition) is 6. The molecule has 0 radical (unpaired) electrons. The van der Waals surface area contributed by atoms with Crippen LogP contribution in [0.15, 0.2) is 30.6 Å². The first-order valence-corrected chi connectivity index (χ1v) is 12.3. The minimum Gasteiger partial charge on any atom is -0.444 e. The van der Waals surface area contributed by atoms with Gasteiger partial charge in [-0.1, -0.05) is 0 Å². The zero-order valence-corrected chi connectivity index (χ0v) is 21.8. The molecule has 0 aliphatic carbocycles. The van der Waals surface area contributed by atoms with Crippen molar-refractivity contribution in [2.45, 2.75) is 59.2 Å². The number of carbonyl (C=O) groups excluding carboxylic acids is 1. The number of rotatable bonds is 3. The molecule has 2 atom stereocenters. The number of benzene rings is 1. The van der Waals surface area contributed by atoms with E-state index in [1.807, 2.05) is 40.7 Å². The van der Waals surface area contributed by atoms with E-state index in [1.165, 1.54) is 12.1 Å². The number of pyridine rings is 1.